The van der Waals surface area contributed by atoms with Crippen LogP contribution in [0.25, 0.3) is 0 Å². The van der Waals surface area contributed by atoms with Crippen LogP contribution < -0.4 is 5.32 Å². The van der Waals surface area contributed by atoms with Crippen molar-refractivity contribution in [1.29, 1.82) is 0 Å². The fourth-order valence-corrected chi connectivity index (χ4v) is 2.44. The Morgan fingerprint density at radius 3 is 2.91 bits per heavy atom. The molecule has 6 heteroatoms. The number of aryl methyl sites for hydroxylation is 2. The number of oxazole rings is 1. The molecule has 6 nitrogen and oxygen atoms in total. The molecule has 1 amide bonds. The van der Waals surface area contributed by atoms with E-state index in [1.54, 1.807) is 6.92 Å². The normalized spacial score (nSPS) is 21.0. The van der Waals surface area contributed by atoms with E-state index in [2.05, 4.69) is 10.3 Å². The minimum atomic E-state index is -0.263. The summed E-state index contributed by atoms with van der Waals surface area (Å²) in [5, 5.41) is 2.96. The van der Waals surface area contributed by atoms with Crippen LogP contribution in [0.3, 0.4) is 0 Å². The number of allylic oxidation sites excluding steroid dienone is 1. The first-order chi connectivity index (χ1) is 11.0. The Morgan fingerprint density at radius 1 is 1.48 bits per heavy atom. The van der Waals surface area contributed by atoms with Gasteiger partial charge in [-0.15, -0.1) is 0 Å². The van der Waals surface area contributed by atoms with E-state index in [-0.39, 0.29) is 23.8 Å². The molecular formula is C17H26N2O4. The third-order valence-corrected chi connectivity index (χ3v) is 3.76. The zero-order chi connectivity index (χ0) is 16.8. The van der Waals surface area contributed by atoms with Crippen molar-refractivity contribution in [1.82, 2.24) is 10.3 Å². The standard InChI is InChI=1S/C17H26N2O4/c1-5-15-18-12(4)16(23-15)17(20)19-13-10-21-8-7-14(13)22-9-6-11(2)3/h6,13-14H,5,7-10H2,1-4H3,(H,19,20)/t13-,14+/m1/s1. The molecule has 2 atom stereocenters. The lowest BCUT2D eigenvalue weighted by atomic mass is 10.1. The van der Waals surface area contributed by atoms with Gasteiger partial charge in [-0.2, -0.15) is 0 Å². The van der Waals surface area contributed by atoms with Crippen LogP contribution in [0.2, 0.25) is 0 Å². The second kappa shape index (κ2) is 8.26. The van der Waals surface area contributed by atoms with Crippen LogP contribution in [0.1, 0.15) is 49.3 Å². The van der Waals surface area contributed by atoms with E-state index in [4.69, 9.17) is 13.9 Å². The number of nitrogens with zero attached hydrogens (tertiary/aromatic N) is 1. The molecule has 0 spiro atoms. The van der Waals surface area contributed by atoms with Gasteiger partial charge in [0.2, 0.25) is 5.76 Å². The number of hydrogen-bond acceptors (Lipinski definition) is 5. The Labute approximate surface area is 137 Å². The summed E-state index contributed by atoms with van der Waals surface area (Å²) in [4.78, 5) is 16.7. The predicted molar refractivity (Wildman–Crippen MR) is 86.5 cm³/mol. The molecule has 0 bridgehead atoms. The summed E-state index contributed by atoms with van der Waals surface area (Å²) in [6, 6.07) is -0.184. The quantitative estimate of drug-likeness (QED) is 0.814. The number of rotatable bonds is 6. The number of ether oxygens (including phenoxy) is 2. The second-order valence-electron chi connectivity index (χ2n) is 5.97. The molecule has 0 saturated carbocycles. The second-order valence-corrected chi connectivity index (χ2v) is 5.97. The number of hydrogen-bond donors (Lipinski definition) is 1. The summed E-state index contributed by atoms with van der Waals surface area (Å²) in [6.45, 7) is 9.41. The molecule has 1 aliphatic heterocycles. The van der Waals surface area contributed by atoms with Gasteiger partial charge < -0.3 is 19.2 Å². The van der Waals surface area contributed by atoms with Gasteiger partial charge in [0.05, 0.1) is 31.1 Å². The Hall–Kier alpha value is -1.66. The predicted octanol–water partition coefficient (Wildman–Crippen LogP) is 2.42. The number of carbonyl (C=O) groups is 1. The molecule has 1 aromatic rings. The molecule has 2 heterocycles. The SMILES string of the molecule is CCc1nc(C)c(C(=O)N[C@@H]2COCC[C@@H]2OCC=C(C)C)o1. The highest BCUT2D eigenvalue weighted by Gasteiger charge is 2.29. The fraction of sp³-hybridized carbons (Fsp3) is 0.647. The van der Waals surface area contributed by atoms with Gasteiger partial charge in [-0.05, 0) is 27.2 Å². The van der Waals surface area contributed by atoms with Gasteiger partial charge in [0.15, 0.2) is 5.89 Å². The number of carbonyl (C=O) groups excluding carboxylic acids is 1. The maximum atomic E-state index is 12.4. The van der Waals surface area contributed by atoms with Gasteiger partial charge in [-0.1, -0.05) is 18.6 Å². The smallest absolute Gasteiger partial charge is 0.289 e. The lowest BCUT2D eigenvalue weighted by Crippen LogP contribution is -2.50. The van der Waals surface area contributed by atoms with Gasteiger partial charge in [0, 0.05) is 13.0 Å². The van der Waals surface area contributed by atoms with Crippen molar-refractivity contribution >= 4 is 5.91 Å². The average Bonchev–Trinajstić information content (AvgIpc) is 2.90. The van der Waals surface area contributed by atoms with Gasteiger partial charge >= 0.3 is 0 Å². The van der Waals surface area contributed by atoms with E-state index in [1.807, 2.05) is 26.8 Å². The van der Waals surface area contributed by atoms with Crippen LogP contribution in [-0.4, -0.2) is 42.9 Å². The highest BCUT2D eigenvalue weighted by molar-refractivity contribution is 5.92. The van der Waals surface area contributed by atoms with E-state index in [1.165, 1.54) is 5.57 Å². The van der Waals surface area contributed by atoms with Crippen molar-refractivity contribution in [2.45, 2.75) is 52.7 Å². The van der Waals surface area contributed by atoms with Crippen LogP contribution in [0.15, 0.2) is 16.1 Å². The molecular weight excluding hydrogens is 296 g/mol. The molecule has 23 heavy (non-hydrogen) atoms. The number of aromatic nitrogens is 1. The van der Waals surface area contributed by atoms with E-state index in [0.717, 1.165) is 6.42 Å². The Bertz CT molecular complexity index is 561. The third kappa shape index (κ3) is 4.91. The van der Waals surface area contributed by atoms with Crippen molar-refractivity contribution in [3.05, 3.63) is 29.0 Å². The first-order valence-electron chi connectivity index (χ1n) is 8.11. The van der Waals surface area contributed by atoms with Crippen LogP contribution in [-0.2, 0) is 15.9 Å². The summed E-state index contributed by atoms with van der Waals surface area (Å²) in [5.74, 6) is 0.584. The molecule has 1 saturated heterocycles. The van der Waals surface area contributed by atoms with Crippen molar-refractivity contribution in [2.24, 2.45) is 0 Å². The highest BCUT2D eigenvalue weighted by Crippen LogP contribution is 2.15. The summed E-state index contributed by atoms with van der Waals surface area (Å²) >= 11 is 0. The zero-order valence-electron chi connectivity index (χ0n) is 14.3. The number of nitrogens with one attached hydrogen (secondary N) is 1. The first kappa shape index (κ1) is 17.7. The molecule has 2 rings (SSSR count). The van der Waals surface area contributed by atoms with Crippen LogP contribution in [0.4, 0.5) is 0 Å². The Kier molecular flexibility index (Phi) is 6.36. The third-order valence-electron chi connectivity index (χ3n) is 3.76. The average molecular weight is 322 g/mol. The largest absolute Gasteiger partial charge is 0.435 e. The zero-order valence-corrected chi connectivity index (χ0v) is 14.3. The summed E-state index contributed by atoms with van der Waals surface area (Å²) in [6.07, 6.45) is 3.39. The maximum absolute atomic E-state index is 12.4. The molecule has 0 aromatic carbocycles. The molecule has 1 N–H and O–H groups in total. The minimum absolute atomic E-state index is 0.0582. The molecule has 1 aliphatic rings. The molecule has 0 radical (unpaired) electrons. The van der Waals surface area contributed by atoms with E-state index < -0.39 is 0 Å². The van der Waals surface area contributed by atoms with E-state index in [9.17, 15) is 4.79 Å². The van der Waals surface area contributed by atoms with Crippen LogP contribution in [0, 0.1) is 6.92 Å². The molecule has 0 unspecified atom stereocenters. The van der Waals surface area contributed by atoms with Crippen molar-refractivity contribution in [2.75, 3.05) is 19.8 Å². The minimum Gasteiger partial charge on any atom is -0.435 e. The van der Waals surface area contributed by atoms with Gasteiger partial charge in [0.25, 0.3) is 5.91 Å². The Morgan fingerprint density at radius 2 is 2.26 bits per heavy atom. The van der Waals surface area contributed by atoms with Gasteiger partial charge in [-0.3, -0.25) is 4.79 Å². The van der Waals surface area contributed by atoms with Crippen molar-refractivity contribution in [3.63, 3.8) is 0 Å². The highest BCUT2D eigenvalue weighted by atomic mass is 16.5. The molecule has 128 valence electrons. The molecule has 0 aliphatic carbocycles. The van der Waals surface area contributed by atoms with Gasteiger partial charge in [-0.25, -0.2) is 4.98 Å². The van der Waals surface area contributed by atoms with Crippen LogP contribution in [0.5, 0.6) is 0 Å². The summed E-state index contributed by atoms with van der Waals surface area (Å²) in [5.41, 5.74) is 1.82. The van der Waals surface area contributed by atoms with E-state index >= 15 is 0 Å². The molecule has 1 fully saturated rings. The monoisotopic (exact) mass is 322 g/mol. The maximum Gasteiger partial charge on any atom is 0.289 e. The molecule has 1 aromatic heterocycles. The summed E-state index contributed by atoms with van der Waals surface area (Å²) in [7, 11) is 0. The van der Waals surface area contributed by atoms with Crippen molar-refractivity contribution < 1.29 is 18.7 Å². The Balaban J connectivity index is 1.98. The van der Waals surface area contributed by atoms with Crippen molar-refractivity contribution in [3.8, 4) is 0 Å². The first-order valence-corrected chi connectivity index (χ1v) is 8.11. The summed E-state index contributed by atoms with van der Waals surface area (Å²) < 4.78 is 16.9. The number of amides is 1. The van der Waals surface area contributed by atoms with Crippen LogP contribution >= 0.6 is 0 Å². The fourth-order valence-electron chi connectivity index (χ4n) is 2.44. The van der Waals surface area contributed by atoms with Gasteiger partial charge in [0.1, 0.15) is 0 Å². The lowest BCUT2D eigenvalue weighted by molar-refractivity contribution is -0.0459. The van der Waals surface area contributed by atoms with E-state index in [0.29, 0.717) is 37.8 Å². The lowest BCUT2D eigenvalue weighted by Gasteiger charge is -2.31. The topological polar surface area (TPSA) is 73.6 Å².